The zero-order valence-electron chi connectivity index (χ0n) is 53.5. The van der Waals surface area contributed by atoms with E-state index in [0.29, 0.717) is 39.5 Å². The molecule has 6 atom stereocenters. The van der Waals surface area contributed by atoms with Crippen molar-refractivity contribution in [1.82, 2.24) is 58.7 Å². The number of aromatic nitrogens is 12. The summed E-state index contributed by atoms with van der Waals surface area (Å²) in [7, 11) is 0. The van der Waals surface area contributed by atoms with Gasteiger partial charge in [-0.15, -0.1) is 0 Å². The third kappa shape index (κ3) is 14.0. The van der Waals surface area contributed by atoms with E-state index in [2.05, 4.69) is 113 Å². The lowest BCUT2D eigenvalue weighted by molar-refractivity contribution is -0.192. The van der Waals surface area contributed by atoms with E-state index in [1.54, 1.807) is 65.5 Å². The van der Waals surface area contributed by atoms with Crippen LogP contribution >= 0.6 is 0 Å². The Bertz CT molecular complexity index is 3830. The van der Waals surface area contributed by atoms with E-state index in [1.807, 2.05) is 123 Å². The summed E-state index contributed by atoms with van der Waals surface area (Å²) in [6.07, 6.45) is 11.0. The fraction of sp³-hybridized carbons (Fsp3) is 0.371. The molecule has 4 saturated heterocycles. The first-order chi connectivity index (χ1) is 46.0. The predicted molar refractivity (Wildman–Crippen MR) is 356 cm³/mol. The van der Waals surface area contributed by atoms with E-state index in [0.717, 1.165) is 111 Å². The van der Waals surface area contributed by atoms with Crippen molar-refractivity contribution >= 4 is 22.7 Å². The van der Waals surface area contributed by atoms with Gasteiger partial charge >= 0.3 is 11.4 Å². The van der Waals surface area contributed by atoms with Crippen LogP contribution in [0.25, 0.3) is 11.4 Å². The minimum absolute atomic E-state index is 0.0721. The minimum atomic E-state index is -0.973. The van der Waals surface area contributed by atoms with Crippen LogP contribution in [0.3, 0.4) is 0 Å². The van der Waals surface area contributed by atoms with Gasteiger partial charge in [-0.2, -0.15) is 40.2 Å². The standard InChI is InChI=1S/2C35H40N8O4/c2*1-3-27(2)43-34(44)41(26-38-43)31-11-9-29(10-12-31)39-19-21-40(22-20-39)30-13-15-32(16-14-30)45-23-33-24-46-35(47-33,25-42-36-17-18-37-42)28-7-5-4-6-8-28/h2*4-18,26-27,33H,3,19-25H2,1-2H3/t27-,33+,35-;27-,33-,35+/m10/s1. The summed E-state index contributed by atoms with van der Waals surface area (Å²) in [6.45, 7) is 17.6. The van der Waals surface area contributed by atoms with Gasteiger partial charge in [0.1, 0.15) is 62.7 Å². The van der Waals surface area contributed by atoms with Crippen molar-refractivity contribution in [2.75, 3.05) is 98.4 Å². The highest BCUT2D eigenvalue weighted by atomic mass is 16.8. The summed E-state index contributed by atoms with van der Waals surface area (Å²) >= 11 is 0. The van der Waals surface area contributed by atoms with Crippen LogP contribution in [0.4, 0.5) is 22.7 Å². The molecular weight excluding hydrogens is 1190 g/mol. The van der Waals surface area contributed by atoms with Crippen LogP contribution in [-0.4, -0.2) is 150 Å². The Morgan fingerprint density at radius 2 is 0.734 bits per heavy atom. The third-order valence-electron chi connectivity index (χ3n) is 18.0. The van der Waals surface area contributed by atoms with Crippen molar-refractivity contribution < 1.29 is 28.4 Å². The number of anilines is 4. The van der Waals surface area contributed by atoms with Crippen molar-refractivity contribution in [1.29, 1.82) is 0 Å². The number of hydrogen-bond donors (Lipinski definition) is 0. The van der Waals surface area contributed by atoms with E-state index in [1.165, 1.54) is 11.4 Å². The summed E-state index contributed by atoms with van der Waals surface area (Å²) < 4.78 is 44.0. The van der Waals surface area contributed by atoms with Gasteiger partial charge in [0.2, 0.25) is 11.6 Å². The van der Waals surface area contributed by atoms with Gasteiger partial charge in [0.15, 0.2) is 0 Å². The second-order valence-electron chi connectivity index (χ2n) is 24.0. The molecule has 24 nitrogen and oxygen atoms in total. The number of rotatable bonds is 22. The summed E-state index contributed by atoms with van der Waals surface area (Å²) in [5.74, 6) is -0.371. The number of nitrogens with zero attached hydrogens (tertiary/aromatic N) is 16. The Labute approximate surface area is 545 Å². The third-order valence-corrected chi connectivity index (χ3v) is 18.0. The van der Waals surface area contributed by atoms with Crippen molar-refractivity contribution in [3.8, 4) is 22.9 Å². The topological polar surface area (TPSA) is 209 Å². The van der Waals surface area contributed by atoms with Gasteiger partial charge in [0, 0.05) is 86.2 Å². The monoisotopic (exact) mass is 1270 g/mol. The lowest BCUT2D eigenvalue weighted by Crippen LogP contribution is -2.46. The van der Waals surface area contributed by atoms with Crippen LogP contribution in [0.5, 0.6) is 11.5 Å². The van der Waals surface area contributed by atoms with Gasteiger partial charge in [-0.05, 0) is 124 Å². The highest BCUT2D eigenvalue weighted by Crippen LogP contribution is 2.38. The Morgan fingerprint density at radius 3 is 1.05 bits per heavy atom. The fourth-order valence-electron chi connectivity index (χ4n) is 12.3. The molecule has 488 valence electrons. The average Bonchev–Trinajstić information content (AvgIpc) is 1.64. The normalized spacial score (nSPS) is 20.4. The molecule has 0 N–H and O–H groups in total. The predicted octanol–water partition coefficient (Wildman–Crippen LogP) is 8.54. The van der Waals surface area contributed by atoms with Crippen molar-refractivity contribution in [3.63, 3.8) is 0 Å². The molecule has 0 amide bonds. The molecule has 24 heteroatoms. The molecule has 4 fully saturated rings. The van der Waals surface area contributed by atoms with Gasteiger partial charge in [-0.1, -0.05) is 74.5 Å². The van der Waals surface area contributed by atoms with Crippen molar-refractivity contribution in [2.24, 2.45) is 0 Å². The van der Waals surface area contributed by atoms with Crippen LogP contribution in [0.2, 0.25) is 0 Å². The lowest BCUT2D eigenvalue weighted by atomic mass is 10.1. The first-order valence-electron chi connectivity index (χ1n) is 32.4. The molecule has 8 heterocycles. The van der Waals surface area contributed by atoms with E-state index in [4.69, 9.17) is 28.4 Å². The largest absolute Gasteiger partial charge is 0.491 e. The fourth-order valence-corrected chi connectivity index (χ4v) is 12.3. The van der Waals surface area contributed by atoms with Crippen LogP contribution in [0, 0.1) is 0 Å². The van der Waals surface area contributed by atoms with Crippen LogP contribution in [0.15, 0.2) is 205 Å². The molecule has 4 aliphatic rings. The maximum absolute atomic E-state index is 12.8. The molecule has 14 rings (SSSR count). The molecular formula is C70H80N16O8. The van der Waals surface area contributed by atoms with Crippen molar-refractivity contribution in [2.45, 2.75) is 89.5 Å². The van der Waals surface area contributed by atoms with Gasteiger partial charge in [0.05, 0.1) is 61.5 Å². The molecule has 0 radical (unpaired) electrons. The molecule has 0 saturated carbocycles. The molecule has 0 bridgehead atoms. The van der Waals surface area contributed by atoms with E-state index < -0.39 is 11.6 Å². The first-order valence-corrected chi connectivity index (χ1v) is 32.4. The maximum Gasteiger partial charge on any atom is 0.350 e. The Balaban J connectivity index is 0.000000171. The van der Waals surface area contributed by atoms with Crippen LogP contribution < -0.4 is 40.5 Å². The van der Waals surface area contributed by atoms with Crippen LogP contribution in [0.1, 0.15) is 63.7 Å². The zero-order chi connectivity index (χ0) is 64.4. The quantitative estimate of drug-likeness (QED) is 0.0622. The first kappa shape index (κ1) is 62.9. The molecule has 0 aliphatic carbocycles. The smallest absolute Gasteiger partial charge is 0.350 e. The molecule has 4 aromatic heterocycles. The molecule has 94 heavy (non-hydrogen) atoms. The second kappa shape index (κ2) is 28.5. The maximum atomic E-state index is 12.8. The number of piperazine rings is 2. The Morgan fingerprint density at radius 1 is 0.426 bits per heavy atom. The number of hydrogen-bond acceptors (Lipinski definition) is 18. The highest BCUT2D eigenvalue weighted by molar-refractivity contribution is 5.56. The van der Waals surface area contributed by atoms with E-state index in [-0.39, 0.29) is 35.7 Å². The average molecular weight is 1270 g/mol. The Kier molecular flexibility index (Phi) is 19.1. The van der Waals surface area contributed by atoms with Gasteiger partial charge in [-0.3, -0.25) is 0 Å². The van der Waals surface area contributed by atoms with Gasteiger partial charge in [0.25, 0.3) is 0 Å². The second-order valence-corrected chi connectivity index (χ2v) is 24.0. The molecule has 0 unspecified atom stereocenters. The number of benzene rings is 6. The summed E-state index contributed by atoms with van der Waals surface area (Å²) in [4.78, 5) is 38.3. The molecule has 4 aliphatic heterocycles. The Hall–Kier alpha value is -9.88. The number of ether oxygens (including phenoxy) is 6. The highest BCUT2D eigenvalue weighted by Gasteiger charge is 2.46. The summed E-state index contributed by atoms with van der Waals surface area (Å²) in [5.41, 5.74) is 7.90. The summed E-state index contributed by atoms with van der Waals surface area (Å²) in [6, 6.07) is 52.8. The van der Waals surface area contributed by atoms with Gasteiger partial charge < -0.3 is 48.0 Å². The molecule has 0 spiro atoms. The zero-order valence-corrected chi connectivity index (χ0v) is 53.5. The SMILES string of the molecule is CC[C@@H](C)n1ncn(-c2ccc(N3CCN(c4ccc(OC[C@H]5CO[C@@](Cn6nccn6)(c6ccccc6)O5)cc4)CC3)cc2)c1=O.CC[C@H](C)n1ncn(-c2ccc(N3CCN(c4ccc(OC[C@H]5CO[C@@](Cn6nccn6)(c6ccccc6)O5)cc4)CC3)cc2)c1=O. The minimum Gasteiger partial charge on any atom is -0.491 e. The van der Waals surface area contributed by atoms with E-state index >= 15 is 0 Å². The molecule has 6 aromatic carbocycles. The van der Waals surface area contributed by atoms with E-state index in [9.17, 15) is 9.59 Å². The van der Waals surface area contributed by atoms with Gasteiger partial charge in [-0.25, -0.2) is 28.1 Å². The lowest BCUT2D eigenvalue weighted by Gasteiger charge is -2.37. The van der Waals surface area contributed by atoms with Crippen molar-refractivity contribution in [3.05, 3.63) is 227 Å². The summed E-state index contributed by atoms with van der Waals surface area (Å²) in [5, 5.41) is 25.6. The van der Waals surface area contributed by atoms with Crippen LogP contribution in [-0.2, 0) is 43.6 Å². The molecule has 10 aromatic rings.